The van der Waals surface area contributed by atoms with Gasteiger partial charge in [-0.25, -0.2) is 4.79 Å². The molecule has 14 heavy (non-hydrogen) atoms. The fourth-order valence-electron chi connectivity index (χ4n) is 0.943. The Morgan fingerprint density at radius 3 is 2.64 bits per heavy atom. The molecule has 1 unspecified atom stereocenters. The van der Waals surface area contributed by atoms with E-state index in [0.717, 1.165) is 0 Å². The molecule has 0 amide bonds. The fraction of sp³-hybridized carbons (Fsp3) is 0.222. The third-order valence-corrected chi connectivity index (χ3v) is 3.18. The number of rotatable bonds is 2. The van der Waals surface area contributed by atoms with Crippen LogP contribution in [0.1, 0.15) is 12.5 Å². The minimum Gasteiger partial charge on any atom is -0.480 e. The number of aliphatic carboxylic acids is 1. The molecule has 5 heteroatoms. The number of hydrogen-bond donors (Lipinski definition) is 2. The minimum absolute atomic E-state index is 0.501. The summed E-state index contributed by atoms with van der Waals surface area (Å²) >= 11 is 8.98. The summed E-state index contributed by atoms with van der Waals surface area (Å²) in [4.78, 5) is 10.8. The van der Waals surface area contributed by atoms with Gasteiger partial charge in [-0.3, -0.25) is 0 Å². The smallest absolute Gasteiger partial charge is 0.328 e. The van der Waals surface area contributed by atoms with Crippen LogP contribution in [0.2, 0.25) is 5.02 Å². The highest BCUT2D eigenvalue weighted by molar-refractivity contribution is 9.10. The van der Waals surface area contributed by atoms with Gasteiger partial charge < -0.3 is 10.8 Å². The van der Waals surface area contributed by atoms with Gasteiger partial charge in [0.1, 0.15) is 5.54 Å². The van der Waals surface area contributed by atoms with Crippen LogP contribution < -0.4 is 5.73 Å². The normalized spacial score (nSPS) is 14.9. The standard InChI is InChI=1S/C9H9BrClNO2/c1-9(12,8(13)14)5-2-3-7(11)6(10)4-5/h2-4H,12H2,1H3,(H,13,14). The second kappa shape index (κ2) is 3.88. The minimum atomic E-state index is -1.40. The van der Waals surface area contributed by atoms with E-state index in [1.54, 1.807) is 18.2 Å². The summed E-state index contributed by atoms with van der Waals surface area (Å²) in [6.07, 6.45) is 0. The van der Waals surface area contributed by atoms with Crippen molar-refractivity contribution in [3.63, 3.8) is 0 Å². The summed E-state index contributed by atoms with van der Waals surface area (Å²) in [5, 5.41) is 9.40. The van der Waals surface area contributed by atoms with Crippen LogP contribution in [0.3, 0.4) is 0 Å². The van der Waals surface area contributed by atoms with Crippen molar-refractivity contribution in [2.75, 3.05) is 0 Å². The lowest BCUT2D eigenvalue weighted by Gasteiger charge is -2.19. The molecule has 1 aromatic rings. The largest absolute Gasteiger partial charge is 0.480 e. The molecule has 0 bridgehead atoms. The van der Waals surface area contributed by atoms with Crippen molar-refractivity contribution >= 4 is 33.5 Å². The first-order chi connectivity index (χ1) is 6.35. The van der Waals surface area contributed by atoms with E-state index in [1.165, 1.54) is 6.92 Å². The highest BCUT2D eigenvalue weighted by Gasteiger charge is 2.30. The molecule has 3 nitrogen and oxygen atoms in total. The molecule has 1 rings (SSSR count). The Labute approximate surface area is 95.0 Å². The molecule has 0 saturated heterocycles. The lowest BCUT2D eigenvalue weighted by Crippen LogP contribution is -2.41. The van der Waals surface area contributed by atoms with Crippen molar-refractivity contribution in [1.82, 2.24) is 0 Å². The van der Waals surface area contributed by atoms with E-state index in [2.05, 4.69) is 15.9 Å². The van der Waals surface area contributed by atoms with Crippen LogP contribution >= 0.6 is 27.5 Å². The van der Waals surface area contributed by atoms with Crippen LogP contribution in [0.25, 0.3) is 0 Å². The maximum absolute atomic E-state index is 10.8. The molecule has 0 fully saturated rings. The maximum atomic E-state index is 10.8. The zero-order chi connectivity index (χ0) is 10.9. The van der Waals surface area contributed by atoms with Gasteiger partial charge in [-0.1, -0.05) is 17.7 Å². The van der Waals surface area contributed by atoms with E-state index >= 15 is 0 Å². The van der Waals surface area contributed by atoms with Gasteiger partial charge in [-0.15, -0.1) is 0 Å². The second-order valence-corrected chi connectivity index (χ2v) is 4.40. The highest BCUT2D eigenvalue weighted by Crippen LogP contribution is 2.27. The predicted molar refractivity (Wildman–Crippen MR) is 58.3 cm³/mol. The number of halogens is 2. The van der Waals surface area contributed by atoms with Crippen LogP contribution in [-0.4, -0.2) is 11.1 Å². The van der Waals surface area contributed by atoms with Gasteiger partial charge in [0.25, 0.3) is 0 Å². The van der Waals surface area contributed by atoms with E-state index in [-0.39, 0.29) is 0 Å². The molecule has 1 aromatic carbocycles. The summed E-state index contributed by atoms with van der Waals surface area (Å²) in [6, 6.07) is 4.81. The topological polar surface area (TPSA) is 63.3 Å². The third kappa shape index (κ3) is 2.08. The number of hydrogen-bond acceptors (Lipinski definition) is 2. The first-order valence-corrected chi connectivity index (χ1v) is 5.00. The van der Waals surface area contributed by atoms with Crippen molar-refractivity contribution in [2.24, 2.45) is 5.73 Å². The summed E-state index contributed by atoms with van der Waals surface area (Å²) in [7, 11) is 0. The van der Waals surface area contributed by atoms with E-state index in [4.69, 9.17) is 22.4 Å². The van der Waals surface area contributed by atoms with E-state index in [9.17, 15) is 4.79 Å². The molecule has 0 spiro atoms. The van der Waals surface area contributed by atoms with Crippen LogP contribution in [0.5, 0.6) is 0 Å². The Hall–Kier alpha value is -0.580. The van der Waals surface area contributed by atoms with Crippen LogP contribution in [0, 0.1) is 0 Å². The first-order valence-electron chi connectivity index (χ1n) is 3.83. The number of carboxylic acids is 1. The molecule has 1 atom stereocenters. The molecular weight excluding hydrogens is 269 g/mol. The third-order valence-electron chi connectivity index (χ3n) is 1.96. The van der Waals surface area contributed by atoms with Crippen molar-refractivity contribution in [1.29, 1.82) is 0 Å². The number of carboxylic acid groups (broad SMARTS) is 1. The Kier molecular flexibility index (Phi) is 3.19. The molecule has 3 N–H and O–H groups in total. The molecule has 0 aliphatic rings. The van der Waals surface area contributed by atoms with Crippen LogP contribution in [0.4, 0.5) is 0 Å². The van der Waals surface area contributed by atoms with Crippen LogP contribution in [-0.2, 0) is 10.3 Å². The molecule has 0 aliphatic heterocycles. The van der Waals surface area contributed by atoms with E-state index in [1.807, 2.05) is 0 Å². The Morgan fingerprint density at radius 2 is 2.21 bits per heavy atom. The molecule has 0 heterocycles. The van der Waals surface area contributed by atoms with Gasteiger partial charge in [0.15, 0.2) is 0 Å². The average molecular weight is 279 g/mol. The Balaban J connectivity index is 3.21. The van der Waals surface area contributed by atoms with E-state index < -0.39 is 11.5 Å². The second-order valence-electron chi connectivity index (χ2n) is 3.14. The van der Waals surface area contributed by atoms with Crippen molar-refractivity contribution in [3.05, 3.63) is 33.3 Å². The summed E-state index contributed by atoms with van der Waals surface area (Å²) in [5.74, 6) is -1.08. The van der Waals surface area contributed by atoms with Gasteiger partial charge in [0.05, 0.1) is 5.02 Å². The molecule has 0 saturated carbocycles. The lowest BCUT2D eigenvalue weighted by atomic mass is 9.94. The lowest BCUT2D eigenvalue weighted by molar-refractivity contribution is -0.143. The number of benzene rings is 1. The zero-order valence-corrected chi connectivity index (χ0v) is 9.76. The molecule has 76 valence electrons. The predicted octanol–water partition coefficient (Wildman–Crippen LogP) is 2.36. The fourth-order valence-corrected chi connectivity index (χ4v) is 1.44. The highest BCUT2D eigenvalue weighted by atomic mass is 79.9. The first kappa shape index (κ1) is 11.5. The van der Waals surface area contributed by atoms with Crippen molar-refractivity contribution in [2.45, 2.75) is 12.5 Å². The zero-order valence-electron chi connectivity index (χ0n) is 7.42. The summed E-state index contributed by atoms with van der Waals surface area (Å²) < 4.78 is 0.634. The Morgan fingerprint density at radius 1 is 1.64 bits per heavy atom. The van der Waals surface area contributed by atoms with Gasteiger partial charge in [0.2, 0.25) is 0 Å². The molecule has 0 radical (unpaired) electrons. The van der Waals surface area contributed by atoms with Gasteiger partial charge >= 0.3 is 5.97 Å². The van der Waals surface area contributed by atoms with Crippen LogP contribution in [0.15, 0.2) is 22.7 Å². The van der Waals surface area contributed by atoms with Crippen molar-refractivity contribution < 1.29 is 9.90 Å². The molecule has 0 aliphatic carbocycles. The monoisotopic (exact) mass is 277 g/mol. The number of nitrogens with two attached hydrogens (primary N) is 1. The van der Waals surface area contributed by atoms with Gasteiger partial charge in [-0.2, -0.15) is 0 Å². The summed E-state index contributed by atoms with van der Waals surface area (Å²) in [6.45, 7) is 1.44. The molecule has 0 aromatic heterocycles. The average Bonchev–Trinajstić information content (AvgIpc) is 2.09. The summed E-state index contributed by atoms with van der Waals surface area (Å²) in [5.41, 5.74) is 4.74. The van der Waals surface area contributed by atoms with E-state index in [0.29, 0.717) is 15.1 Å². The van der Waals surface area contributed by atoms with Crippen molar-refractivity contribution in [3.8, 4) is 0 Å². The van der Waals surface area contributed by atoms with Gasteiger partial charge in [-0.05, 0) is 40.5 Å². The maximum Gasteiger partial charge on any atom is 0.328 e. The number of carbonyl (C=O) groups is 1. The molecular formula is C9H9BrClNO2. The SMILES string of the molecule is CC(N)(C(=O)O)c1ccc(Cl)c(Br)c1. The van der Waals surface area contributed by atoms with Gasteiger partial charge in [0, 0.05) is 4.47 Å². The Bertz CT molecular complexity index is 379. The quantitative estimate of drug-likeness (QED) is 0.873.